The van der Waals surface area contributed by atoms with E-state index >= 15 is 0 Å². The fourth-order valence-electron chi connectivity index (χ4n) is 1.30. The number of imidazole rings is 1. The van der Waals surface area contributed by atoms with E-state index in [1.807, 2.05) is 6.92 Å². The van der Waals surface area contributed by atoms with E-state index in [1.165, 1.54) is 11.8 Å². The van der Waals surface area contributed by atoms with Gasteiger partial charge in [-0.25, -0.2) is 9.97 Å². The van der Waals surface area contributed by atoms with Gasteiger partial charge in [0.05, 0.1) is 16.3 Å². The second kappa shape index (κ2) is 5.37. The van der Waals surface area contributed by atoms with Gasteiger partial charge in [0, 0.05) is 12.7 Å². The second-order valence-electron chi connectivity index (χ2n) is 3.31. The van der Waals surface area contributed by atoms with Crippen molar-refractivity contribution in [2.75, 3.05) is 12.3 Å². The predicted molar refractivity (Wildman–Crippen MR) is 68.3 cm³/mol. The number of amides is 1. The zero-order valence-corrected chi connectivity index (χ0v) is 10.7. The van der Waals surface area contributed by atoms with Crippen molar-refractivity contribution in [1.82, 2.24) is 20.3 Å². The molecule has 0 saturated heterocycles. The van der Waals surface area contributed by atoms with Gasteiger partial charge in [-0.3, -0.25) is 4.79 Å². The number of hydrogen-bond acceptors (Lipinski definition) is 4. The number of pyridine rings is 1. The van der Waals surface area contributed by atoms with E-state index in [2.05, 4.69) is 20.3 Å². The molecule has 0 saturated carbocycles. The third-order valence-corrected chi connectivity index (χ3v) is 3.08. The predicted octanol–water partition coefficient (Wildman–Crippen LogP) is 1.84. The highest BCUT2D eigenvalue weighted by atomic mass is 35.5. The lowest BCUT2D eigenvalue weighted by Crippen LogP contribution is -2.24. The Hall–Kier alpha value is -1.27. The molecule has 2 aromatic heterocycles. The summed E-state index contributed by atoms with van der Waals surface area (Å²) in [4.78, 5) is 22.7. The maximum absolute atomic E-state index is 11.3. The van der Waals surface area contributed by atoms with Gasteiger partial charge in [0.15, 0.2) is 10.8 Å². The van der Waals surface area contributed by atoms with E-state index in [1.54, 1.807) is 12.3 Å². The van der Waals surface area contributed by atoms with Crippen molar-refractivity contribution in [2.45, 2.75) is 12.1 Å². The Morgan fingerprint density at radius 1 is 1.65 bits per heavy atom. The largest absolute Gasteiger partial charge is 0.356 e. The molecule has 2 rings (SSSR count). The van der Waals surface area contributed by atoms with Gasteiger partial charge in [-0.05, 0) is 13.0 Å². The molecular weight excluding hydrogens is 260 g/mol. The maximum atomic E-state index is 11.3. The van der Waals surface area contributed by atoms with Crippen molar-refractivity contribution in [3.05, 3.63) is 17.3 Å². The summed E-state index contributed by atoms with van der Waals surface area (Å²) in [5.41, 5.74) is 1.38. The molecule has 2 heterocycles. The Morgan fingerprint density at radius 2 is 2.47 bits per heavy atom. The number of fused-ring (bicyclic) bond motifs is 1. The van der Waals surface area contributed by atoms with Crippen LogP contribution in [0.2, 0.25) is 5.02 Å². The van der Waals surface area contributed by atoms with Crippen LogP contribution in [0, 0.1) is 0 Å². The van der Waals surface area contributed by atoms with Crippen LogP contribution in [-0.4, -0.2) is 33.2 Å². The molecule has 2 aromatic rings. The normalized spacial score (nSPS) is 10.7. The van der Waals surface area contributed by atoms with E-state index < -0.39 is 0 Å². The lowest BCUT2D eigenvalue weighted by molar-refractivity contribution is -0.118. The zero-order chi connectivity index (χ0) is 12.3. The molecule has 0 atom stereocenters. The number of thioether (sulfide) groups is 1. The summed E-state index contributed by atoms with van der Waals surface area (Å²) in [5.74, 6) is 0.324. The maximum Gasteiger partial charge on any atom is 0.230 e. The highest BCUT2D eigenvalue weighted by Crippen LogP contribution is 2.20. The molecule has 0 aliphatic rings. The quantitative estimate of drug-likeness (QED) is 0.832. The summed E-state index contributed by atoms with van der Waals surface area (Å²) < 4.78 is 0. The van der Waals surface area contributed by atoms with Gasteiger partial charge in [-0.15, -0.1) is 0 Å². The van der Waals surface area contributed by atoms with Crippen LogP contribution in [0.25, 0.3) is 11.2 Å². The van der Waals surface area contributed by atoms with Crippen LogP contribution in [0.1, 0.15) is 6.92 Å². The smallest absolute Gasteiger partial charge is 0.230 e. The Morgan fingerprint density at radius 3 is 3.24 bits per heavy atom. The fraction of sp³-hybridized carbons (Fsp3) is 0.300. The molecule has 90 valence electrons. The standard InChI is InChI=1S/C10H11ClN4OS/c1-2-12-8(16)5-17-10-14-7-3-6(11)4-13-9(7)15-10/h3-4H,2,5H2,1H3,(H,12,16)(H,13,14,15). The van der Waals surface area contributed by atoms with Gasteiger partial charge in [-0.1, -0.05) is 23.4 Å². The van der Waals surface area contributed by atoms with Crippen molar-refractivity contribution in [3.8, 4) is 0 Å². The monoisotopic (exact) mass is 270 g/mol. The van der Waals surface area contributed by atoms with E-state index in [-0.39, 0.29) is 5.91 Å². The number of aromatic amines is 1. The van der Waals surface area contributed by atoms with Gasteiger partial charge in [0.25, 0.3) is 0 Å². The van der Waals surface area contributed by atoms with Crippen LogP contribution in [0.15, 0.2) is 17.4 Å². The first-order valence-corrected chi connectivity index (χ1v) is 6.46. The summed E-state index contributed by atoms with van der Waals surface area (Å²) in [6, 6.07) is 1.76. The van der Waals surface area contributed by atoms with E-state index in [9.17, 15) is 4.79 Å². The molecule has 0 bridgehead atoms. The molecule has 0 aliphatic heterocycles. The SMILES string of the molecule is CCNC(=O)CSc1nc2ncc(Cl)cc2[nH]1. The van der Waals surface area contributed by atoms with Crippen LogP contribution in [0.4, 0.5) is 0 Å². The van der Waals surface area contributed by atoms with Crippen molar-refractivity contribution < 1.29 is 4.79 Å². The van der Waals surface area contributed by atoms with Gasteiger partial charge in [0.2, 0.25) is 5.91 Å². The van der Waals surface area contributed by atoms with Gasteiger partial charge in [0.1, 0.15) is 0 Å². The first kappa shape index (κ1) is 12.2. The Kier molecular flexibility index (Phi) is 3.86. The van der Waals surface area contributed by atoms with Crippen molar-refractivity contribution in [2.24, 2.45) is 0 Å². The summed E-state index contributed by atoms with van der Waals surface area (Å²) in [6.45, 7) is 2.52. The van der Waals surface area contributed by atoms with Crippen LogP contribution in [0.5, 0.6) is 0 Å². The molecule has 5 nitrogen and oxygen atoms in total. The zero-order valence-electron chi connectivity index (χ0n) is 9.16. The summed E-state index contributed by atoms with van der Waals surface area (Å²) in [6.07, 6.45) is 1.54. The summed E-state index contributed by atoms with van der Waals surface area (Å²) >= 11 is 7.15. The Bertz CT molecular complexity index is 542. The minimum atomic E-state index is -0.0102. The summed E-state index contributed by atoms with van der Waals surface area (Å²) in [5, 5.41) is 3.94. The van der Waals surface area contributed by atoms with E-state index in [0.717, 1.165) is 5.52 Å². The van der Waals surface area contributed by atoms with Gasteiger partial charge in [-0.2, -0.15) is 0 Å². The van der Waals surface area contributed by atoms with Crippen LogP contribution >= 0.6 is 23.4 Å². The lowest BCUT2D eigenvalue weighted by atomic mass is 10.4. The van der Waals surface area contributed by atoms with Gasteiger partial charge >= 0.3 is 0 Å². The van der Waals surface area contributed by atoms with Crippen LogP contribution < -0.4 is 5.32 Å². The molecule has 0 spiro atoms. The molecule has 0 aliphatic carbocycles. The minimum absolute atomic E-state index is 0.0102. The molecule has 0 unspecified atom stereocenters. The Labute approximate surface area is 107 Å². The molecule has 17 heavy (non-hydrogen) atoms. The number of H-pyrrole nitrogens is 1. The molecule has 2 N–H and O–H groups in total. The number of carbonyl (C=O) groups excluding carboxylic acids is 1. The van der Waals surface area contributed by atoms with E-state index in [0.29, 0.717) is 28.1 Å². The number of halogens is 1. The topological polar surface area (TPSA) is 70.7 Å². The lowest BCUT2D eigenvalue weighted by Gasteiger charge is -1.98. The Balaban J connectivity index is 2.07. The minimum Gasteiger partial charge on any atom is -0.356 e. The number of hydrogen-bond donors (Lipinski definition) is 2. The molecule has 0 radical (unpaired) electrons. The third-order valence-electron chi connectivity index (χ3n) is 2.00. The average Bonchev–Trinajstić information content (AvgIpc) is 2.68. The van der Waals surface area contributed by atoms with Crippen molar-refractivity contribution >= 4 is 40.4 Å². The average molecular weight is 271 g/mol. The molecule has 0 aromatic carbocycles. The van der Waals surface area contributed by atoms with E-state index in [4.69, 9.17) is 11.6 Å². The first-order chi connectivity index (χ1) is 8.19. The number of nitrogens with zero attached hydrogens (tertiary/aromatic N) is 2. The first-order valence-electron chi connectivity index (χ1n) is 5.10. The van der Waals surface area contributed by atoms with Gasteiger partial charge < -0.3 is 10.3 Å². The highest BCUT2D eigenvalue weighted by molar-refractivity contribution is 7.99. The third kappa shape index (κ3) is 3.10. The number of nitrogens with one attached hydrogen (secondary N) is 2. The van der Waals surface area contributed by atoms with Crippen LogP contribution in [-0.2, 0) is 4.79 Å². The fourth-order valence-corrected chi connectivity index (χ4v) is 2.16. The number of rotatable bonds is 4. The molecule has 1 amide bonds. The molecule has 7 heteroatoms. The number of aromatic nitrogens is 3. The van der Waals surface area contributed by atoms with Crippen molar-refractivity contribution in [1.29, 1.82) is 0 Å². The highest BCUT2D eigenvalue weighted by Gasteiger charge is 2.07. The molecule has 0 fully saturated rings. The molecular formula is C10H11ClN4OS. The summed E-state index contributed by atoms with van der Waals surface area (Å²) in [7, 11) is 0. The number of carbonyl (C=O) groups is 1. The van der Waals surface area contributed by atoms with Crippen LogP contribution in [0.3, 0.4) is 0 Å². The van der Waals surface area contributed by atoms with Crippen molar-refractivity contribution in [3.63, 3.8) is 0 Å². The second-order valence-corrected chi connectivity index (χ2v) is 4.71.